The lowest BCUT2D eigenvalue weighted by Gasteiger charge is -2.31. The van der Waals surface area contributed by atoms with E-state index in [1.807, 2.05) is 20.0 Å². The summed E-state index contributed by atoms with van der Waals surface area (Å²) in [5.74, 6) is 1.76. The monoisotopic (exact) mass is 332 g/mol. The van der Waals surface area contributed by atoms with Gasteiger partial charge in [-0.25, -0.2) is 0 Å². The fourth-order valence-electron chi connectivity index (χ4n) is 3.82. The van der Waals surface area contributed by atoms with Crippen molar-refractivity contribution >= 4 is 5.91 Å². The van der Waals surface area contributed by atoms with Gasteiger partial charge in [-0.3, -0.25) is 4.79 Å². The second kappa shape index (κ2) is 7.43. The molecule has 1 aliphatic heterocycles. The molecular formula is C19H28N2O3. The Labute approximate surface area is 144 Å². The Bertz CT molecular complexity index is 582. The molecular weight excluding hydrogens is 304 g/mol. The first-order chi connectivity index (χ1) is 11.6. The fourth-order valence-corrected chi connectivity index (χ4v) is 3.82. The number of fused-ring (bicyclic) bond motifs is 1. The quantitative estimate of drug-likeness (QED) is 0.839. The number of nitrogens with one attached hydrogen (secondary N) is 2. The van der Waals surface area contributed by atoms with E-state index in [1.54, 1.807) is 0 Å². The van der Waals surface area contributed by atoms with Crippen LogP contribution < -0.4 is 20.1 Å². The zero-order chi connectivity index (χ0) is 17.0. The summed E-state index contributed by atoms with van der Waals surface area (Å²) in [6.07, 6.45) is 4.62. The highest BCUT2D eigenvalue weighted by molar-refractivity contribution is 5.78. The SMILES string of the molecule is CNCC(C)C(=O)NCC1(c2ccc3c(c2)OCCO3)CCCC1. The van der Waals surface area contributed by atoms with Gasteiger partial charge in [-0.15, -0.1) is 0 Å². The normalized spacial score (nSPS) is 19.8. The van der Waals surface area contributed by atoms with Crippen LogP contribution in [0.15, 0.2) is 18.2 Å². The largest absolute Gasteiger partial charge is 0.486 e. The molecule has 0 aromatic heterocycles. The summed E-state index contributed by atoms with van der Waals surface area (Å²) in [5, 5.41) is 6.24. The lowest BCUT2D eigenvalue weighted by molar-refractivity contribution is -0.124. The van der Waals surface area contributed by atoms with E-state index in [0.29, 0.717) is 26.3 Å². The number of amides is 1. The maximum atomic E-state index is 12.3. The molecule has 0 radical (unpaired) electrons. The molecule has 1 amide bonds. The average Bonchev–Trinajstić information content (AvgIpc) is 3.09. The van der Waals surface area contributed by atoms with Crippen LogP contribution in [-0.2, 0) is 10.2 Å². The van der Waals surface area contributed by atoms with Crippen LogP contribution in [0.25, 0.3) is 0 Å². The van der Waals surface area contributed by atoms with Crippen LogP contribution >= 0.6 is 0 Å². The van der Waals surface area contributed by atoms with E-state index in [-0.39, 0.29) is 17.2 Å². The molecule has 0 saturated heterocycles. The van der Waals surface area contributed by atoms with E-state index in [4.69, 9.17) is 9.47 Å². The van der Waals surface area contributed by atoms with Crippen molar-refractivity contribution in [3.63, 3.8) is 0 Å². The Balaban J connectivity index is 1.75. The van der Waals surface area contributed by atoms with Crippen molar-refractivity contribution in [2.24, 2.45) is 5.92 Å². The fraction of sp³-hybridized carbons (Fsp3) is 0.632. The van der Waals surface area contributed by atoms with Crippen molar-refractivity contribution < 1.29 is 14.3 Å². The first-order valence-electron chi connectivity index (χ1n) is 8.97. The Morgan fingerprint density at radius 3 is 2.62 bits per heavy atom. The molecule has 1 fully saturated rings. The minimum absolute atomic E-state index is 0.0187. The molecule has 1 heterocycles. The molecule has 5 nitrogen and oxygen atoms in total. The first kappa shape index (κ1) is 17.1. The van der Waals surface area contributed by atoms with Gasteiger partial charge in [0.05, 0.1) is 0 Å². The van der Waals surface area contributed by atoms with Crippen molar-refractivity contribution in [2.75, 3.05) is 33.4 Å². The number of hydrogen-bond acceptors (Lipinski definition) is 4. The molecule has 0 bridgehead atoms. The lowest BCUT2D eigenvalue weighted by Crippen LogP contribution is -2.42. The maximum absolute atomic E-state index is 12.3. The van der Waals surface area contributed by atoms with Crippen LogP contribution in [-0.4, -0.2) is 39.3 Å². The van der Waals surface area contributed by atoms with Crippen LogP contribution in [0.3, 0.4) is 0 Å². The second-order valence-electron chi connectivity index (χ2n) is 7.02. The van der Waals surface area contributed by atoms with Gasteiger partial charge in [-0.2, -0.15) is 0 Å². The summed E-state index contributed by atoms with van der Waals surface area (Å²) in [7, 11) is 1.87. The molecule has 0 spiro atoms. The summed E-state index contributed by atoms with van der Waals surface area (Å²) in [4.78, 5) is 12.3. The van der Waals surface area contributed by atoms with Gasteiger partial charge in [-0.1, -0.05) is 25.8 Å². The summed E-state index contributed by atoms with van der Waals surface area (Å²) in [6, 6.07) is 6.26. The predicted molar refractivity (Wildman–Crippen MR) is 93.7 cm³/mol. The molecule has 5 heteroatoms. The average molecular weight is 332 g/mol. The third-order valence-electron chi connectivity index (χ3n) is 5.27. The van der Waals surface area contributed by atoms with Gasteiger partial charge in [0, 0.05) is 24.4 Å². The number of carbonyl (C=O) groups excluding carboxylic acids is 1. The molecule has 132 valence electrons. The van der Waals surface area contributed by atoms with E-state index in [0.717, 1.165) is 24.3 Å². The van der Waals surface area contributed by atoms with E-state index in [1.165, 1.54) is 18.4 Å². The van der Waals surface area contributed by atoms with E-state index in [9.17, 15) is 4.79 Å². The molecule has 2 aliphatic rings. The predicted octanol–water partition coefficient (Wildman–Crippen LogP) is 2.24. The summed E-state index contributed by atoms with van der Waals surface area (Å²) in [6.45, 7) is 4.55. The lowest BCUT2D eigenvalue weighted by atomic mass is 9.78. The van der Waals surface area contributed by atoms with E-state index >= 15 is 0 Å². The van der Waals surface area contributed by atoms with Crippen LogP contribution in [0.5, 0.6) is 11.5 Å². The van der Waals surface area contributed by atoms with Gasteiger partial charge in [-0.05, 0) is 37.6 Å². The van der Waals surface area contributed by atoms with Crippen LogP contribution in [0.4, 0.5) is 0 Å². The minimum atomic E-state index is -0.0197. The molecule has 1 aromatic carbocycles. The van der Waals surface area contributed by atoms with Crippen molar-refractivity contribution in [1.29, 1.82) is 0 Å². The molecule has 3 rings (SSSR count). The number of benzene rings is 1. The number of hydrogen-bond donors (Lipinski definition) is 2. The Morgan fingerprint density at radius 1 is 1.21 bits per heavy atom. The molecule has 1 aromatic rings. The molecule has 1 atom stereocenters. The highest BCUT2D eigenvalue weighted by Crippen LogP contribution is 2.43. The Kier molecular flexibility index (Phi) is 5.29. The number of ether oxygens (including phenoxy) is 2. The maximum Gasteiger partial charge on any atom is 0.224 e. The molecule has 1 aliphatic carbocycles. The topological polar surface area (TPSA) is 59.6 Å². The minimum Gasteiger partial charge on any atom is -0.486 e. The second-order valence-corrected chi connectivity index (χ2v) is 7.02. The third kappa shape index (κ3) is 3.51. The first-order valence-corrected chi connectivity index (χ1v) is 8.97. The van der Waals surface area contributed by atoms with Gasteiger partial charge in [0.25, 0.3) is 0 Å². The highest BCUT2D eigenvalue weighted by Gasteiger charge is 2.37. The van der Waals surface area contributed by atoms with Gasteiger partial charge < -0.3 is 20.1 Å². The Hall–Kier alpha value is -1.75. The van der Waals surface area contributed by atoms with Crippen molar-refractivity contribution in [1.82, 2.24) is 10.6 Å². The molecule has 1 unspecified atom stereocenters. The van der Waals surface area contributed by atoms with Crippen molar-refractivity contribution in [3.8, 4) is 11.5 Å². The molecule has 2 N–H and O–H groups in total. The Morgan fingerprint density at radius 2 is 1.92 bits per heavy atom. The summed E-state index contributed by atoms with van der Waals surface area (Å²) in [5.41, 5.74) is 1.27. The number of rotatable bonds is 6. The highest BCUT2D eigenvalue weighted by atomic mass is 16.6. The van der Waals surface area contributed by atoms with Crippen molar-refractivity contribution in [2.45, 2.75) is 38.0 Å². The van der Waals surface area contributed by atoms with E-state index in [2.05, 4.69) is 22.8 Å². The van der Waals surface area contributed by atoms with Gasteiger partial charge in [0.2, 0.25) is 5.91 Å². The standard InChI is InChI=1S/C19H28N2O3/c1-14(12-20-2)18(22)21-13-19(7-3-4-8-19)15-5-6-16-17(11-15)24-10-9-23-16/h5-6,11,14,20H,3-4,7-10,12-13H2,1-2H3,(H,21,22). The van der Waals surface area contributed by atoms with Gasteiger partial charge >= 0.3 is 0 Å². The van der Waals surface area contributed by atoms with Crippen LogP contribution in [0.1, 0.15) is 38.2 Å². The van der Waals surface area contributed by atoms with E-state index < -0.39 is 0 Å². The van der Waals surface area contributed by atoms with Crippen LogP contribution in [0, 0.1) is 5.92 Å². The smallest absolute Gasteiger partial charge is 0.224 e. The summed E-state index contributed by atoms with van der Waals surface area (Å²) < 4.78 is 11.4. The van der Waals surface area contributed by atoms with Gasteiger partial charge in [0.15, 0.2) is 11.5 Å². The van der Waals surface area contributed by atoms with Crippen molar-refractivity contribution in [3.05, 3.63) is 23.8 Å². The van der Waals surface area contributed by atoms with Gasteiger partial charge in [0.1, 0.15) is 13.2 Å². The van der Waals surface area contributed by atoms with Crippen LogP contribution in [0.2, 0.25) is 0 Å². The zero-order valence-corrected chi connectivity index (χ0v) is 14.7. The third-order valence-corrected chi connectivity index (χ3v) is 5.27. The summed E-state index contributed by atoms with van der Waals surface area (Å²) >= 11 is 0. The molecule has 1 saturated carbocycles. The zero-order valence-electron chi connectivity index (χ0n) is 14.7. The number of carbonyl (C=O) groups is 1. The molecule has 24 heavy (non-hydrogen) atoms.